The van der Waals surface area contributed by atoms with E-state index in [0.29, 0.717) is 30.3 Å². The van der Waals surface area contributed by atoms with E-state index in [-0.39, 0.29) is 4.90 Å². The molecule has 21 heavy (non-hydrogen) atoms. The molecule has 1 unspecified atom stereocenters. The summed E-state index contributed by atoms with van der Waals surface area (Å²) in [6.45, 7) is 6.09. The van der Waals surface area contributed by atoms with Crippen LogP contribution in [-0.2, 0) is 10.0 Å². The minimum absolute atomic E-state index is 0.130. The second-order valence-corrected chi connectivity index (χ2v) is 7.79. The molecule has 0 bridgehead atoms. The Morgan fingerprint density at radius 1 is 1.38 bits per heavy atom. The summed E-state index contributed by atoms with van der Waals surface area (Å²) in [6, 6.07) is 4.44. The van der Waals surface area contributed by atoms with Crippen LogP contribution in [0.5, 0.6) is 0 Å². The molecule has 0 radical (unpaired) electrons. The molecular formula is C14H25N3O3S. The fourth-order valence-corrected chi connectivity index (χ4v) is 2.97. The lowest BCUT2D eigenvalue weighted by atomic mass is 9.94. The number of hydrogen-bond donors (Lipinski definition) is 4. The maximum atomic E-state index is 11.8. The van der Waals surface area contributed by atoms with Gasteiger partial charge in [0, 0.05) is 6.54 Å². The largest absolute Gasteiger partial charge is 0.397 e. The number of nitrogens with one attached hydrogen (secondary N) is 2. The van der Waals surface area contributed by atoms with Crippen LogP contribution >= 0.6 is 0 Å². The standard InChI is InChI=1S/C14H25N3O3S/c1-10(2)8-14(3,18)9-17-13-7-11(5-6-12(13)15)21(19,20)16-4/h5-7,10,16-18H,8-9,15H2,1-4H3. The highest BCUT2D eigenvalue weighted by Gasteiger charge is 2.22. The van der Waals surface area contributed by atoms with E-state index in [2.05, 4.69) is 10.0 Å². The van der Waals surface area contributed by atoms with Crippen molar-refractivity contribution in [2.24, 2.45) is 5.92 Å². The van der Waals surface area contributed by atoms with Gasteiger partial charge in [-0.1, -0.05) is 13.8 Å². The lowest BCUT2D eigenvalue weighted by Crippen LogP contribution is -2.35. The van der Waals surface area contributed by atoms with Crippen molar-refractivity contribution in [2.75, 3.05) is 24.6 Å². The number of nitrogen functional groups attached to an aromatic ring is 1. The minimum atomic E-state index is -3.52. The zero-order chi connectivity index (χ0) is 16.3. The van der Waals surface area contributed by atoms with Crippen LogP contribution in [0.1, 0.15) is 27.2 Å². The van der Waals surface area contributed by atoms with E-state index in [1.807, 2.05) is 13.8 Å². The van der Waals surface area contributed by atoms with Crippen molar-refractivity contribution in [3.05, 3.63) is 18.2 Å². The van der Waals surface area contributed by atoms with Crippen molar-refractivity contribution in [1.29, 1.82) is 0 Å². The quantitative estimate of drug-likeness (QED) is 0.569. The highest BCUT2D eigenvalue weighted by atomic mass is 32.2. The SMILES string of the molecule is CNS(=O)(=O)c1ccc(N)c(NCC(C)(O)CC(C)C)c1. The second-order valence-electron chi connectivity index (χ2n) is 5.91. The van der Waals surface area contributed by atoms with Crippen LogP contribution in [0.4, 0.5) is 11.4 Å². The first-order valence-corrected chi connectivity index (χ1v) is 8.35. The third-order valence-electron chi connectivity index (χ3n) is 3.11. The Labute approximate surface area is 126 Å². The Bertz CT molecular complexity index is 583. The molecule has 0 saturated carbocycles. The number of anilines is 2. The molecule has 5 N–H and O–H groups in total. The molecule has 0 saturated heterocycles. The minimum Gasteiger partial charge on any atom is -0.397 e. The molecule has 0 aliphatic carbocycles. The molecule has 1 rings (SSSR count). The fraction of sp³-hybridized carbons (Fsp3) is 0.571. The Morgan fingerprint density at radius 2 is 2.00 bits per heavy atom. The van der Waals surface area contributed by atoms with Gasteiger partial charge in [0.25, 0.3) is 0 Å². The van der Waals surface area contributed by atoms with Gasteiger partial charge in [-0.25, -0.2) is 13.1 Å². The maximum Gasteiger partial charge on any atom is 0.240 e. The lowest BCUT2D eigenvalue weighted by Gasteiger charge is -2.26. The molecule has 120 valence electrons. The summed E-state index contributed by atoms with van der Waals surface area (Å²) in [5.74, 6) is 0.357. The van der Waals surface area contributed by atoms with Gasteiger partial charge in [0.05, 0.1) is 21.9 Å². The van der Waals surface area contributed by atoms with Crippen LogP contribution in [0.25, 0.3) is 0 Å². The first-order valence-electron chi connectivity index (χ1n) is 6.87. The van der Waals surface area contributed by atoms with Crippen molar-refractivity contribution in [3.8, 4) is 0 Å². The molecule has 6 nitrogen and oxygen atoms in total. The lowest BCUT2D eigenvalue weighted by molar-refractivity contribution is 0.0516. The molecule has 0 spiro atoms. The van der Waals surface area contributed by atoms with Crippen molar-refractivity contribution < 1.29 is 13.5 Å². The summed E-state index contributed by atoms with van der Waals surface area (Å²) in [5, 5.41) is 13.3. The van der Waals surface area contributed by atoms with E-state index < -0.39 is 15.6 Å². The summed E-state index contributed by atoms with van der Waals surface area (Å²) in [7, 11) is -2.16. The summed E-state index contributed by atoms with van der Waals surface area (Å²) in [4.78, 5) is 0.130. The molecule has 0 amide bonds. The van der Waals surface area contributed by atoms with Gasteiger partial charge < -0.3 is 16.2 Å². The molecule has 0 aliphatic rings. The van der Waals surface area contributed by atoms with E-state index in [1.54, 1.807) is 6.92 Å². The molecule has 0 fully saturated rings. The normalized spacial score (nSPS) is 15.0. The molecule has 1 aromatic carbocycles. The van der Waals surface area contributed by atoms with Crippen LogP contribution in [0, 0.1) is 5.92 Å². The summed E-state index contributed by atoms with van der Waals surface area (Å²) < 4.78 is 25.8. The van der Waals surface area contributed by atoms with Gasteiger partial charge in [0.2, 0.25) is 10.0 Å². The van der Waals surface area contributed by atoms with E-state index in [0.717, 1.165) is 0 Å². The Morgan fingerprint density at radius 3 is 2.52 bits per heavy atom. The highest BCUT2D eigenvalue weighted by molar-refractivity contribution is 7.89. The first-order chi connectivity index (χ1) is 9.57. The zero-order valence-corrected chi connectivity index (χ0v) is 13.8. The van der Waals surface area contributed by atoms with Gasteiger partial charge in [-0.2, -0.15) is 0 Å². The Hall–Kier alpha value is -1.31. The molecule has 7 heteroatoms. The summed E-state index contributed by atoms with van der Waals surface area (Å²) >= 11 is 0. The molecule has 1 aromatic rings. The third kappa shape index (κ3) is 5.18. The van der Waals surface area contributed by atoms with Crippen molar-refractivity contribution in [1.82, 2.24) is 4.72 Å². The fourth-order valence-electron chi connectivity index (χ4n) is 2.21. The number of rotatable bonds is 7. The molecule has 1 atom stereocenters. The average molecular weight is 315 g/mol. The monoisotopic (exact) mass is 315 g/mol. The number of sulfonamides is 1. The Kier molecular flexibility index (Phi) is 5.61. The predicted octanol–water partition coefficient (Wildman–Crippen LogP) is 1.39. The van der Waals surface area contributed by atoms with Crippen LogP contribution in [0.15, 0.2) is 23.1 Å². The zero-order valence-electron chi connectivity index (χ0n) is 13.0. The van der Waals surface area contributed by atoms with E-state index in [1.165, 1.54) is 25.2 Å². The van der Waals surface area contributed by atoms with Crippen LogP contribution < -0.4 is 15.8 Å². The van der Waals surface area contributed by atoms with Crippen molar-refractivity contribution in [3.63, 3.8) is 0 Å². The number of benzene rings is 1. The van der Waals surface area contributed by atoms with Gasteiger partial charge in [-0.15, -0.1) is 0 Å². The van der Waals surface area contributed by atoms with Gasteiger partial charge in [-0.05, 0) is 44.5 Å². The third-order valence-corrected chi connectivity index (χ3v) is 4.52. The molecule has 0 aliphatic heterocycles. The topological polar surface area (TPSA) is 104 Å². The Balaban J connectivity index is 2.92. The van der Waals surface area contributed by atoms with E-state index in [9.17, 15) is 13.5 Å². The second kappa shape index (κ2) is 6.64. The van der Waals surface area contributed by atoms with Crippen molar-refractivity contribution >= 4 is 21.4 Å². The molecule has 0 heterocycles. The summed E-state index contributed by atoms with van der Waals surface area (Å²) in [5.41, 5.74) is 5.89. The van der Waals surface area contributed by atoms with Gasteiger partial charge in [0.1, 0.15) is 0 Å². The number of aliphatic hydroxyl groups is 1. The number of nitrogens with two attached hydrogens (primary N) is 1. The molecule has 0 aromatic heterocycles. The predicted molar refractivity (Wildman–Crippen MR) is 85.7 cm³/mol. The average Bonchev–Trinajstić information content (AvgIpc) is 2.36. The van der Waals surface area contributed by atoms with Crippen LogP contribution in [0.3, 0.4) is 0 Å². The van der Waals surface area contributed by atoms with Gasteiger partial charge >= 0.3 is 0 Å². The molecular weight excluding hydrogens is 290 g/mol. The van der Waals surface area contributed by atoms with E-state index in [4.69, 9.17) is 5.73 Å². The highest BCUT2D eigenvalue weighted by Crippen LogP contribution is 2.24. The number of hydrogen-bond acceptors (Lipinski definition) is 5. The smallest absolute Gasteiger partial charge is 0.240 e. The van der Waals surface area contributed by atoms with E-state index >= 15 is 0 Å². The van der Waals surface area contributed by atoms with Gasteiger partial charge in [-0.3, -0.25) is 0 Å². The van der Waals surface area contributed by atoms with Crippen LogP contribution in [0.2, 0.25) is 0 Å². The van der Waals surface area contributed by atoms with Crippen LogP contribution in [-0.4, -0.2) is 32.7 Å². The summed E-state index contributed by atoms with van der Waals surface area (Å²) in [6.07, 6.45) is 0.633. The van der Waals surface area contributed by atoms with Gasteiger partial charge in [0.15, 0.2) is 0 Å². The van der Waals surface area contributed by atoms with Crippen molar-refractivity contribution in [2.45, 2.75) is 37.7 Å². The maximum absolute atomic E-state index is 11.8. The first kappa shape index (κ1) is 17.7.